The van der Waals surface area contributed by atoms with Crippen LogP contribution >= 0.6 is 0 Å². The molecule has 3 N–H and O–H groups in total. The molecule has 24 heavy (non-hydrogen) atoms. The van der Waals surface area contributed by atoms with Crippen LogP contribution < -0.4 is 16.0 Å². The van der Waals surface area contributed by atoms with Crippen molar-refractivity contribution in [3.63, 3.8) is 0 Å². The second-order valence-electron chi connectivity index (χ2n) is 5.64. The molecule has 7 heteroatoms. The van der Waals surface area contributed by atoms with Crippen molar-refractivity contribution in [2.24, 2.45) is 7.05 Å². The fourth-order valence-electron chi connectivity index (χ4n) is 2.57. The normalized spacial score (nSPS) is 11.6. The zero-order valence-electron chi connectivity index (χ0n) is 13.3. The van der Waals surface area contributed by atoms with E-state index in [1.807, 2.05) is 0 Å². The molecular weight excluding hydrogens is 326 g/mol. The van der Waals surface area contributed by atoms with Gasteiger partial charge in [0.25, 0.3) is 15.6 Å². The Kier molecular flexibility index (Phi) is 3.81. The highest BCUT2D eigenvalue weighted by Crippen LogP contribution is 2.22. The van der Waals surface area contributed by atoms with Gasteiger partial charge in [0.2, 0.25) is 0 Å². The summed E-state index contributed by atoms with van der Waals surface area (Å²) in [6, 6.07) is 12.8. The van der Waals surface area contributed by atoms with Crippen LogP contribution in [-0.2, 0) is 17.1 Å². The highest BCUT2D eigenvalue weighted by atomic mass is 32.2. The average Bonchev–Trinajstić information content (AvgIpc) is 2.52. The zero-order chi connectivity index (χ0) is 17.5. The minimum Gasteiger partial charge on any atom is -0.399 e. The topological polar surface area (TPSA) is 94.2 Å². The summed E-state index contributed by atoms with van der Waals surface area (Å²) in [7, 11) is -2.01. The van der Waals surface area contributed by atoms with E-state index in [2.05, 4.69) is 4.72 Å². The SMILES string of the molecule is Cc1cc2cc(NS(=O)(=O)c3ccc(N)cc3)ccc2n(C)c1=O. The molecule has 0 aliphatic heterocycles. The van der Waals surface area contributed by atoms with Crippen molar-refractivity contribution in [3.05, 3.63) is 64.4 Å². The minimum absolute atomic E-state index is 0.0716. The summed E-state index contributed by atoms with van der Waals surface area (Å²) in [5, 5.41) is 0.784. The second-order valence-corrected chi connectivity index (χ2v) is 7.32. The number of nitrogen functional groups attached to an aromatic ring is 1. The number of sulfonamides is 1. The molecule has 0 fully saturated rings. The maximum absolute atomic E-state index is 12.4. The Morgan fingerprint density at radius 1 is 1.04 bits per heavy atom. The molecule has 0 amide bonds. The van der Waals surface area contributed by atoms with Gasteiger partial charge in [-0.15, -0.1) is 0 Å². The van der Waals surface area contributed by atoms with Gasteiger partial charge in [-0.1, -0.05) is 0 Å². The van der Waals surface area contributed by atoms with Gasteiger partial charge >= 0.3 is 0 Å². The maximum Gasteiger partial charge on any atom is 0.261 e. The van der Waals surface area contributed by atoms with E-state index in [4.69, 9.17) is 5.73 Å². The van der Waals surface area contributed by atoms with Crippen LogP contribution in [0.25, 0.3) is 10.9 Å². The van der Waals surface area contributed by atoms with E-state index in [-0.39, 0.29) is 10.5 Å². The Morgan fingerprint density at radius 2 is 1.71 bits per heavy atom. The second kappa shape index (κ2) is 5.68. The summed E-state index contributed by atoms with van der Waals surface area (Å²) in [4.78, 5) is 12.1. The van der Waals surface area contributed by atoms with Gasteiger partial charge in [0, 0.05) is 29.4 Å². The van der Waals surface area contributed by atoms with Gasteiger partial charge in [0.05, 0.1) is 10.4 Å². The molecule has 6 nitrogen and oxygen atoms in total. The predicted molar refractivity (Wildman–Crippen MR) is 95.6 cm³/mol. The Labute approximate surface area is 139 Å². The van der Waals surface area contributed by atoms with Crippen LogP contribution in [0.5, 0.6) is 0 Å². The molecule has 124 valence electrons. The standard InChI is InChI=1S/C17H17N3O3S/c1-11-9-12-10-14(5-8-16(12)20(2)17(11)21)19-24(22,23)15-6-3-13(18)4-7-15/h3-10,19H,18H2,1-2H3. The number of hydrogen-bond donors (Lipinski definition) is 2. The first-order valence-electron chi connectivity index (χ1n) is 7.27. The Hall–Kier alpha value is -2.80. The number of aromatic nitrogens is 1. The number of aryl methyl sites for hydroxylation is 2. The van der Waals surface area contributed by atoms with E-state index < -0.39 is 10.0 Å². The van der Waals surface area contributed by atoms with E-state index in [9.17, 15) is 13.2 Å². The summed E-state index contributed by atoms with van der Waals surface area (Å²) in [5.74, 6) is 0. The van der Waals surface area contributed by atoms with Crippen molar-refractivity contribution in [2.45, 2.75) is 11.8 Å². The lowest BCUT2D eigenvalue weighted by Gasteiger charge is -2.11. The maximum atomic E-state index is 12.4. The van der Waals surface area contributed by atoms with Gasteiger partial charge in [-0.2, -0.15) is 0 Å². The summed E-state index contributed by atoms with van der Waals surface area (Å²) in [6.45, 7) is 1.73. The number of benzene rings is 2. The number of nitrogens with two attached hydrogens (primary N) is 1. The van der Waals surface area contributed by atoms with Gasteiger partial charge in [0.15, 0.2) is 0 Å². The molecule has 0 aliphatic carbocycles. The lowest BCUT2D eigenvalue weighted by molar-refractivity contribution is 0.601. The molecule has 0 spiro atoms. The van der Waals surface area contributed by atoms with Crippen LogP contribution in [0, 0.1) is 6.92 Å². The van der Waals surface area contributed by atoms with Crippen molar-refractivity contribution >= 4 is 32.3 Å². The van der Waals surface area contributed by atoms with Crippen molar-refractivity contribution in [1.82, 2.24) is 4.57 Å². The molecule has 0 aliphatic rings. The van der Waals surface area contributed by atoms with Crippen molar-refractivity contribution in [1.29, 1.82) is 0 Å². The van der Waals surface area contributed by atoms with Crippen molar-refractivity contribution < 1.29 is 8.42 Å². The molecule has 0 atom stereocenters. The van der Waals surface area contributed by atoms with Gasteiger partial charge in [0.1, 0.15) is 0 Å². The van der Waals surface area contributed by atoms with Crippen LogP contribution in [-0.4, -0.2) is 13.0 Å². The number of rotatable bonds is 3. The lowest BCUT2D eigenvalue weighted by atomic mass is 10.1. The molecule has 0 bridgehead atoms. The lowest BCUT2D eigenvalue weighted by Crippen LogP contribution is -2.19. The number of fused-ring (bicyclic) bond motifs is 1. The van der Waals surface area contributed by atoms with Gasteiger partial charge in [-0.3, -0.25) is 9.52 Å². The van der Waals surface area contributed by atoms with Gasteiger partial charge in [-0.25, -0.2) is 8.42 Å². The van der Waals surface area contributed by atoms with Crippen LogP contribution in [0.4, 0.5) is 11.4 Å². The monoisotopic (exact) mass is 343 g/mol. The molecule has 3 rings (SSSR count). The molecule has 1 aromatic heterocycles. The Morgan fingerprint density at radius 3 is 2.38 bits per heavy atom. The third-order valence-corrected chi connectivity index (χ3v) is 5.24. The van der Waals surface area contributed by atoms with Crippen molar-refractivity contribution in [2.75, 3.05) is 10.5 Å². The van der Waals surface area contributed by atoms with E-state index in [1.54, 1.807) is 42.8 Å². The van der Waals surface area contributed by atoms with Crippen LogP contribution in [0.2, 0.25) is 0 Å². The Bertz CT molecular complexity index is 1080. The van der Waals surface area contributed by atoms with Crippen LogP contribution in [0.1, 0.15) is 5.56 Å². The summed E-state index contributed by atoms with van der Waals surface area (Å²) in [6.07, 6.45) is 0. The molecule has 0 unspecified atom stereocenters. The number of pyridine rings is 1. The average molecular weight is 343 g/mol. The summed E-state index contributed by atoms with van der Waals surface area (Å²) >= 11 is 0. The molecule has 3 aromatic rings. The van der Waals surface area contributed by atoms with Crippen LogP contribution in [0.3, 0.4) is 0 Å². The highest BCUT2D eigenvalue weighted by molar-refractivity contribution is 7.92. The molecule has 2 aromatic carbocycles. The fraction of sp³-hybridized carbons (Fsp3) is 0.118. The largest absolute Gasteiger partial charge is 0.399 e. The number of nitrogens with one attached hydrogen (secondary N) is 1. The minimum atomic E-state index is -3.70. The molecule has 1 heterocycles. The number of hydrogen-bond acceptors (Lipinski definition) is 4. The van der Waals surface area contributed by atoms with E-state index in [0.717, 1.165) is 10.9 Å². The van der Waals surface area contributed by atoms with Crippen LogP contribution in [0.15, 0.2) is 58.2 Å². The van der Waals surface area contributed by atoms with Crippen molar-refractivity contribution in [3.8, 4) is 0 Å². The van der Waals surface area contributed by atoms with Gasteiger partial charge < -0.3 is 10.3 Å². The predicted octanol–water partition coefficient (Wildman–Crippen LogP) is 2.23. The number of anilines is 2. The first-order chi connectivity index (χ1) is 11.3. The van der Waals surface area contributed by atoms with E-state index >= 15 is 0 Å². The third kappa shape index (κ3) is 2.85. The summed E-state index contributed by atoms with van der Waals surface area (Å²) in [5.41, 5.74) is 7.77. The van der Waals surface area contributed by atoms with E-state index in [1.165, 1.54) is 24.3 Å². The smallest absolute Gasteiger partial charge is 0.261 e. The van der Waals surface area contributed by atoms with Gasteiger partial charge in [-0.05, 0) is 55.5 Å². The quantitative estimate of drug-likeness (QED) is 0.713. The van der Waals surface area contributed by atoms with E-state index in [0.29, 0.717) is 16.9 Å². The first kappa shape index (κ1) is 16.1. The zero-order valence-corrected chi connectivity index (χ0v) is 14.1. The molecular formula is C17H17N3O3S. The summed E-state index contributed by atoms with van der Waals surface area (Å²) < 4.78 is 28.9. The first-order valence-corrected chi connectivity index (χ1v) is 8.75. The highest BCUT2D eigenvalue weighted by Gasteiger charge is 2.14. The molecule has 0 radical (unpaired) electrons. The Balaban J connectivity index is 2.03. The molecule has 0 saturated carbocycles. The third-order valence-electron chi connectivity index (χ3n) is 3.85. The number of nitrogens with zero attached hydrogens (tertiary/aromatic N) is 1. The fourth-order valence-corrected chi connectivity index (χ4v) is 3.62. The molecule has 0 saturated heterocycles.